The third-order valence-electron chi connectivity index (χ3n) is 3.00. The van der Waals surface area contributed by atoms with Gasteiger partial charge in [-0.25, -0.2) is 0 Å². The van der Waals surface area contributed by atoms with Gasteiger partial charge in [-0.05, 0) is 30.7 Å². The number of methoxy groups -OCH3 is 1. The number of anilines is 2. The van der Waals surface area contributed by atoms with Crippen molar-refractivity contribution < 1.29 is 19.4 Å². The lowest BCUT2D eigenvalue weighted by atomic mass is 10.2. The Bertz CT molecular complexity index is 713. The monoisotopic (exact) mass is 300 g/mol. The van der Waals surface area contributed by atoms with Gasteiger partial charge in [-0.15, -0.1) is 0 Å². The maximum atomic E-state index is 11.9. The summed E-state index contributed by atoms with van der Waals surface area (Å²) < 4.78 is 5.08. The maximum absolute atomic E-state index is 11.9. The van der Waals surface area contributed by atoms with Gasteiger partial charge in [0, 0.05) is 23.5 Å². The van der Waals surface area contributed by atoms with E-state index >= 15 is 0 Å². The summed E-state index contributed by atoms with van der Waals surface area (Å²) >= 11 is 0. The molecule has 22 heavy (non-hydrogen) atoms. The van der Waals surface area contributed by atoms with E-state index in [1.807, 2.05) is 6.92 Å². The minimum absolute atomic E-state index is 0.00171. The Morgan fingerprint density at radius 2 is 1.77 bits per heavy atom. The van der Waals surface area contributed by atoms with Crippen LogP contribution in [0.1, 0.15) is 5.56 Å². The standard InChI is InChI=1S/C16H16N2O4/c1-10-6-7-13(22-2)9-14(10)18-16(21)15(20)17-11-4-3-5-12(19)8-11/h3-9,19H,1-2H3,(H,17,20)(H,18,21). The predicted octanol–water partition coefficient (Wildman–Crippen LogP) is 2.29. The molecular formula is C16H16N2O4. The van der Waals surface area contributed by atoms with Crippen LogP contribution in [0.25, 0.3) is 0 Å². The molecule has 3 N–H and O–H groups in total. The van der Waals surface area contributed by atoms with E-state index in [1.165, 1.54) is 19.2 Å². The van der Waals surface area contributed by atoms with Crippen molar-refractivity contribution in [2.75, 3.05) is 17.7 Å². The molecule has 0 aromatic heterocycles. The van der Waals surface area contributed by atoms with E-state index in [0.717, 1.165) is 5.56 Å². The highest BCUT2D eigenvalue weighted by atomic mass is 16.5. The molecule has 2 rings (SSSR count). The topological polar surface area (TPSA) is 87.7 Å². The third-order valence-corrected chi connectivity index (χ3v) is 3.00. The average molecular weight is 300 g/mol. The molecule has 2 aromatic carbocycles. The molecule has 0 aliphatic rings. The predicted molar refractivity (Wildman–Crippen MR) is 83.1 cm³/mol. The van der Waals surface area contributed by atoms with E-state index < -0.39 is 11.8 Å². The molecule has 0 atom stereocenters. The second-order valence-corrected chi connectivity index (χ2v) is 4.64. The second-order valence-electron chi connectivity index (χ2n) is 4.64. The van der Waals surface area contributed by atoms with Crippen LogP contribution in [-0.2, 0) is 9.59 Å². The molecule has 0 saturated carbocycles. The Morgan fingerprint density at radius 1 is 1.05 bits per heavy atom. The van der Waals surface area contributed by atoms with Crippen molar-refractivity contribution >= 4 is 23.2 Å². The maximum Gasteiger partial charge on any atom is 0.314 e. The van der Waals surface area contributed by atoms with Gasteiger partial charge in [0.2, 0.25) is 0 Å². The van der Waals surface area contributed by atoms with Crippen molar-refractivity contribution in [2.45, 2.75) is 6.92 Å². The molecule has 0 fully saturated rings. The Morgan fingerprint density at radius 3 is 2.45 bits per heavy atom. The number of carbonyl (C=O) groups is 2. The summed E-state index contributed by atoms with van der Waals surface area (Å²) in [5, 5.41) is 14.3. The number of phenolic OH excluding ortho intramolecular Hbond substituents is 1. The zero-order valence-corrected chi connectivity index (χ0v) is 12.2. The van der Waals surface area contributed by atoms with Crippen molar-refractivity contribution in [2.24, 2.45) is 0 Å². The summed E-state index contributed by atoms with van der Waals surface area (Å²) in [4.78, 5) is 23.8. The summed E-state index contributed by atoms with van der Waals surface area (Å²) in [5.41, 5.74) is 1.64. The fourth-order valence-electron chi connectivity index (χ4n) is 1.81. The lowest BCUT2D eigenvalue weighted by Crippen LogP contribution is -2.29. The van der Waals surface area contributed by atoms with Gasteiger partial charge in [0.25, 0.3) is 0 Å². The number of hydrogen-bond donors (Lipinski definition) is 3. The molecule has 2 amide bonds. The zero-order chi connectivity index (χ0) is 16.1. The van der Waals surface area contributed by atoms with Crippen LogP contribution < -0.4 is 15.4 Å². The van der Waals surface area contributed by atoms with Crippen molar-refractivity contribution in [1.29, 1.82) is 0 Å². The van der Waals surface area contributed by atoms with Crippen LogP contribution in [0.2, 0.25) is 0 Å². The Hall–Kier alpha value is -3.02. The first kappa shape index (κ1) is 15.4. The van der Waals surface area contributed by atoms with Crippen molar-refractivity contribution in [3.63, 3.8) is 0 Å². The molecule has 6 heteroatoms. The summed E-state index contributed by atoms with van der Waals surface area (Å²) in [7, 11) is 1.52. The molecule has 0 spiro atoms. The number of aryl methyl sites for hydroxylation is 1. The van der Waals surface area contributed by atoms with Crippen molar-refractivity contribution in [3.05, 3.63) is 48.0 Å². The second kappa shape index (κ2) is 6.62. The lowest BCUT2D eigenvalue weighted by Gasteiger charge is -2.10. The Balaban J connectivity index is 2.07. The number of hydrogen-bond acceptors (Lipinski definition) is 4. The summed E-state index contributed by atoms with van der Waals surface area (Å²) in [6.07, 6.45) is 0. The summed E-state index contributed by atoms with van der Waals surface area (Å²) in [6, 6.07) is 11.1. The highest BCUT2D eigenvalue weighted by Gasteiger charge is 2.15. The number of carbonyl (C=O) groups excluding carboxylic acids is 2. The first-order chi connectivity index (χ1) is 10.5. The molecule has 0 radical (unpaired) electrons. The van der Waals surface area contributed by atoms with E-state index in [2.05, 4.69) is 10.6 Å². The highest BCUT2D eigenvalue weighted by Crippen LogP contribution is 2.22. The van der Waals surface area contributed by atoms with Crippen LogP contribution in [0.15, 0.2) is 42.5 Å². The number of phenols is 1. The van der Waals surface area contributed by atoms with E-state index in [0.29, 0.717) is 17.1 Å². The minimum Gasteiger partial charge on any atom is -0.508 e. The van der Waals surface area contributed by atoms with Crippen LogP contribution in [0.5, 0.6) is 11.5 Å². The lowest BCUT2D eigenvalue weighted by molar-refractivity contribution is -0.133. The van der Waals surface area contributed by atoms with Crippen LogP contribution in [0.4, 0.5) is 11.4 Å². The molecule has 6 nitrogen and oxygen atoms in total. The van der Waals surface area contributed by atoms with Crippen molar-refractivity contribution in [3.8, 4) is 11.5 Å². The number of nitrogens with one attached hydrogen (secondary N) is 2. The Labute approximate surface area is 127 Å². The fraction of sp³-hybridized carbons (Fsp3) is 0.125. The van der Waals surface area contributed by atoms with E-state index in [4.69, 9.17) is 4.74 Å². The van der Waals surface area contributed by atoms with Gasteiger partial charge < -0.3 is 20.5 Å². The van der Waals surface area contributed by atoms with E-state index in [-0.39, 0.29) is 5.75 Å². The summed E-state index contributed by atoms with van der Waals surface area (Å²) in [6.45, 7) is 1.81. The number of amides is 2. The SMILES string of the molecule is COc1ccc(C)c(NC(=O)C(=O)Nc2cccc(O)c2)c1. The van der Waals surface area contributed by atoms with Crippen LogP contribution in [-0.4, -0.2) is 24.0 Å². The number of ether oxygens (including phenoxy) is 1. The highest BCUT2D eigenvalue weighted by molar-refractivity contribution is 6.43. The van der Waals surface area contributed by atoms with Crippen LogP contribution >= 0.6 is 0 Å². The van der Waals surface area contributed by atoms with Crippen LogP contribution in [0, 0.1) is 6.92 Å². The largest absolute Gasteiger partial charge is 0.508 e. The molecule has 2 aromatic rings. The molecular weight excluding hydrogens is 284 g/mol. The van der Waals surface area contributed by atoms with Gasteiger partial charge in [-0.1, -0.05) is 12.1 Å². The molecule has 114 valence electrons. The molecule has 0 unspecified atom stereocenters. The fourth-order valence-corrected chi connectivity index (χ4v) is 1.81. The number of benzene rings is 2. The molecule has 0 aliphatic heterocycles. The van der Waals surface area contributed by atoms with Crippen molar-refractivity contribution in [1.82, 2.24) is 0 Å². The van der Waals surface area contributed by atoms with Gasteiger partial charge >= 0.3 is 11.8 Å². The first-order valence-corrected chi connectivity index (χ1v) is 6.55. The number of aromatic hydroxyl groups is 1. The van der Waals surface area contributed by atoms with E-state index in [9.17, 15) is 14.7 Å². The van der Waals surface area contributed by atoms with E-state index in [1.54, 1.807) is 30.3 Å². The molecule has 0 bridgehead atoms. The quantitative estimate of drug-likeness (QED) is 0.759. The zero-order valence-electron chi connectivity index (χ0n) is 12.2. The number of rotatable bonds is 3. The minimum atomic E-state index is -0.826. The third kappa shape index (κ3) is 3.76. The Kier molecular flexibility index (Phi) is 4.63. The van der Waals surface area contributed by atoms with Gasteiger partial charge in [0.05, 0.1) is 7.11 Å². The van der Waals surface area contributed by atoms with Crippen LogP contribution in [0.3, 0.4) is 0 Å². The molecule has 0 heterocycles. The summed E-state index contributed by atoms with van der Waals surface area (Å²) in [5.74, 6) is -1.05. The van der Waals surface area contributed by atoms with Gasteiger partial charge in [0.15, 0.2) is 0 Å². The molecule has 0 aliphatic carbocycles. The van der Waals surface area contributed by atoms with Gasteiger partial charge in [0.1, 0.15) is 11.5 Å². The normalized spacial score (nSPS) is 9.91. The van der Waals surface area contributed by atoms with Gasteiger partial charge in [-0.3, -0.25) is 9.59 Å². The van der Waals surface area contributed by atoms with Gasteiger partial charge in [-0.2, -0.15) is 0 Å². The smallest absolute Gasteiger partial charge is 0.314 e. The molecule has 0 saturated heterocycles. The average Bonchev–Trinajstić information content (AvgIpc) is 2.49. The first-order valence-electron chi connectivity index (χ1n) is 6.55.